The SMILES string of the molecule is CCC[N+](CCC)(CCC)c1ccc2ccccc2c1.[OH-]. The summed E-state index contributed by atoms with van der Waals surface area (Å²) in [6.07, 6.45) is 3.73. The van der Waals surface area contributed by atoms with Crippen LogP contribution in [0.3, 0.4) is 0 Å². The van der Waals surface area contributed by atoms with Crippen LogP contribution in [0.2, 0.25) is 0 Å². The summed E-state index contributed by atoms with van der Waals surface area (Å²) >= 11 is 0. The topological polar surface area (TPSA) is 30.0 Å². The molecule has 2 aromatic rings. The molecule has 2 rings (SSSR count). The number of hydrogen-bond donors (Lipinski definition) is 0. The summed E-state index contributed by atoms with van der Waals surface area (Å²) in [5.74, 6) is 0. The lowest BCUT2D eigenvalue weighted by Crippen LogP contribution is -2.51. The number of nitrogens with zero attached hydrogens (tertiary/aromatic N) is 1. The third-order valence-corrected chi connectivity index (χ3v) is 4.24. The van der Waals surface area contributed by atoms with Crippen molar-refractivity contribution in [1.82, 2.24) is 4.48 Å². The number of benzene rings is 2. The molecule has 21 heavy (non-hydrogen) atoms. The van der Waals surface area contributed by atoms with Gasteiger partial charge >= 0.3 is 0 Å². The second kappa shape index (κ2) is 8.16. The maximum absolute atomic E-state index is 2.41. The Kier molecular flexibility index (Phi) is 6.86. The van der Waals surface area contributed by atoms with E-state index in [-0.39, 0.29) is 5.48 Å². The molecule has 0 heterocycles. The van der Waals surface area contributed by atoms with Crippen LogP contribution < -0.4 is 4.48 Å². The normalized spacial score (nSPS) is 11.4. The maximum atomic E-state index is 2.41. The third-order valence-electron chi connectivity index (χ3n) is 4.24. The first-order chi connectivity index (χ1) is 9.75. The van der Waals surface area contributed by atoms with Crippen LogP contribution in [-0.4, -0.2) is 25.1 Å². The summed E-state index contributed by atoms with van der Waals surface area (Å²) in [6.45, 7) is 10.7. The zero-order chi connectivity index (χ0) is 14.4. The summed E-state index contributed by atoms with van der Waals surface area (Å²) < 4.78 is 1.15. The number of hydrogen-bond acceptors (Lipinski definition) is 1. The summed E-state index contributed by atoms with van der Waals surface area (Å²) in [7, 11) is 0. The highest BCUT2D eigenvalue weighted by molar-refractivity contribution is 5.85. The van der Waals surface area contributed by atoms with Crippen molar-refractivity contribution in [1.29, 1.82) is 0 Å². The van der Waals surface area contributed by atoms with E-state index in [4.69, 9.17) is 0 Å². The van der Waals surface area contributed by atoms with E-state index in [1.807, 2.05) is 0 Å². The summed E-state index contributed by atoms with van der Waals surface area (Å²) in [6, 6.07) is 15.7. The Morgan fingerprint density at radius 2 is 1.24 bits per heavy atom. The second-order valence-corrected chi connectivity index (χ2v) is 5.85. The molecule has 0 spiro atoms. The zero-order valence-corrected chi connectivity index (χ0v) is 13.7. The smallest absolute Gasteiger partial charge is 0.133 e. The molecule has 1 N–H and O–H groups in total. The lowest BCUT2D eigenvalue weighted by atomic mass is 10.1. The average molecular weight is 287 g/mol. The van der Waals surface area contributed by atoms with Crippen LogP contribution >= 0.6 is 0 Å². The van der Waals surface area contributed by atoms with E-state index in [2.05, 4.69) is 63.2 Å². The van der Waals surface area contributed by atoms with Crippen LogP contribution in [-0.2, 0) is 0 Å². The van der Waals surface area contributed by atoms with Gasteiger partial charge in [0.1, 0.15) is 5.69 Å². The van der Waals surface area contributed by atoms with Crippen molar-refractivity contribution in [3.05, 3.63) is 42.5 Å². The minimum absolute atomic E-state index is 0. The van der Waals surface area contributed by atoms with Crippen LogP contribution in [0.4, 0.5) is 5.69 Å². The largest absolute Gasteiger partial charge is 0.870 e. The first-order valence-electron chi connectivity index (χ1n) is 8.11. The van der Waals surface area contributed by atoms with Gasteiger partial charge in [0, 0.05) is 6.07 Å². The number of quaternary nitrogens is 1. The Balaban J connectivity index is 0.00000220. The van der Waals surface area contributed by atoms with E-state index in [0.29, 0.717) is 0 Å². The van der Waals surface area contributed by atoms with E-state index < -0.39 is 0 Å². The average Bonchev–Trinajstić information content (AvgIpc) is 2.47. The van der Waals surface area contributed by atoms with Crippen LogP contribution in [0.15, 0.2) is 42.5 Å². The van der Waals surface area contributed by atoms with Crippen molar-refractivity contribution in [3.63, 3.8) is 0 Å². The molecule has 0 aliphatic carbocycles. The molecule has 0 aromatic heterocycles. The van der Waals surface area contributed by atoms with Gasteiger partial charge in [-0.05, 0) is 42.2 Å². The highest BCUT2D eigenvalue weighted by atomic mass is 16.0. The predicted octanol–water partition coefficient (Wildman–Crippen LogP) is 5.20. The molecule has 0 aliphatic rings. The highest BCUT2D eigenvalue weighted by Gasteiger charge is 2.27. The molecule has 2 nitrogen and oxygen atoms in total. The highest BCUT2D eigenvalue weighted by Crippen LogP contribution is 2.29. The van der Waals surface area contributed by atoms with Crippen LogP contribution in [0.5, 0.6) is 0 Å². The Morgan fingerprint density at radius 3 is 1.76 bits per heavy atom. The lowest BCUT2D eigenvalue weighted by molar-refractivity contribution is 0.273. The Labute approximate surface area is 129 Å². The van der Waals surface area contributed by atoms with Gasteiger partial charge in [-0.25, -0.2) is 0 Å². The standard InChI is InChI=1S/C19H28N.H2O/c1-4-13-20(14-5-2,15-6-3)19-12-11-17-9-7-8-10-18(17)16-19;/h7-12,16H,4-6,13-15H2,1-3H3;1H2/q+1;/p-1. The summed E-state index contributed by atoms with van der Waals surface area (Å²) in [4.78, 5) is 0. The molecular weight excluding hydrogens is 258 g/mol. The molecule has 0 radical (unpaired) electrons. The molecule has 0 amide bonds. The van der Waals surface area contributed by atoms with Crippen molar-refractivity contribution >= 4 is 16.5 Å². The number of rotatable bonds is 7. The van der Waals surface area contributed by atoms with Gasteiger partial charge in [-0.1, -0.05) is 45.0 Å². The van der Waals surface area contributed by atoms with Crippen LogP contribution in [0.1, 0.15) is 40.0 Å². The van der Waals surface area contributed by atoms with Crippen LogP contribution in [0.25, 0.3) is 10.8 Å². The van der Waals surface area contributed by atoms with Gasteiger partial charge in [0.2, 0.25) is 0 Å². The summed E-state index contributed by atoms with van der Waals surface area (Å²) in [5, 5.41) is 2.72. The minimum atomic E-state index is 0. The second-order valence-electron chi connectivity index (χ2n) is 5.85. The molecule has 0 bridgehead atoms. The minimum Gasteiger partial charge on any atom is -0.870 e. The molecule has 2 aromatic carbocycles. The van der Waals surface area contributed by atoms with Crippen molar-refractivity contribution in [2.24, 2.45) is 0 Å². The van der Waals surface area contributed by atoms with E-state index in [9.17, 15) is 0 Å². The quantitative estimate of drug-likeness (QED) is 0.644. The van der Waals surface area contributed by atoms with Crippen molar-refractivity contribution in [2.75, 3.05) is 19.6 Å². The van der Waals surface area contributed by atoms with Gasteiger partial charge in [-0.3, -0.25) is 4.48 Å². The third kappa shape index (κ3) is 3.84. The molecule has 0 atom stereocenters. The fourth-order valence-corrected chi connectivity index (χ4v) is 3.48. The van der Waals surface area contributed by atoms with Crippen LogP contribution in [0, 0.1) is 0 Å². The van der Waals surface area contributed by atoms with Gasteiger partial charge in [0.15, 0.2) is 0 Å². The van der Waals surface area contributed by atoms with Crippen molar-refractivity contribution < 1.29 is 5.48 Å². The van der Waals surface area contributed by atoms with Gasteiger partial charge in [-0.2, -0.15) is 0 Å². The molecule has 0 aliphatic heterocycles. The molecule has 2 heteroatoms. The zero-order valence-electron chi connectivity index (χ0n) is 13.7. The number of fused-ring (bicyclic) bond motifs is 1. The van der Waals surface area contributed by atoms with Gasteiger partial charge in [-0.15, -0.1) is 0 Å². The Bertz CT molecular complexity index is 533. The Hall–Kier alpha value is -1.38. The van der Waals surface area contributed by atoms with Crippen molar-refractivity contribution in [2.45, 2.75) is 40.0 Å². The first kappa shape index (κ1) is 17.7. The molecule has 0 unspecified atom stereocenters. The van der Waals surface area contributed by atoms with Gasteiger partial charge in [0.25, 0.3) is 0 Å². The molecule has 0 saturated carbocycles. The van der Waals surface area contributed by atoms with E-state index in [1.54, 1.807) is 0 Å². The fourth-order valence-electron chi connectivity index (χ4n) is 3.48. The van der Waals surface area contributed by atoms with Gasteiger partial charge < -0.3 is 5.48 Å². The van der Waals surface area contributed by atoms with E-state index in [1.165, 1.54) is 55.4 Å². The van der Waals surface area contributed by atoms with E-state index >= 15 is 0 Å². The molecule has 116 valence electrons. The molecule has 0 fully saturated rings. The lowest BCUT2D eigenvalue weighted by Gasteiger charge is -2.38. The fraction of sp³-hybridized carbons (Fsp3) is 0.474. The maximum Gasteiger partial charge on any atom is 0.133 e. The van der Waals surface area contributed by atoms with Gasteiger partial charge in [0.05, 0.1) is 19.6 Å². The van der Waals surface area contributed by atoms with E-state index in [0.717, 1.165) is 4.48 Å². The first-order valence-corrected chi connectivity index (χ1v) is 8.11. The molecular formula is C19H29NO. The monoisotopic (exact) mass is 287 g/mol. The predicted molar refractivity (Wildman–Crippen MR) is 93.2 cm³/mol. The Morgan fingerprint density at radius 1 is 0.714 bits per heavy atom. The van der Waals surface area contributed by atoms with Crippen molar-refractivity contribution in [3.8, 4) is 0 Å². The summed E-state index contributed by atoms with van der Waals surface area (Å²) in [5.41, 5.74) is 1.49. The molecule has 0 saturated heterocycles.